The SMILES string of the molecule is CCCCCCCCCCCCCCCCCCCOCC(COP(=O)(O)OCC[N+](C)(C)C)OC(=O)CCCCCCCCCCCCCCCC. The molecule has 0 aromatic heterocycles. The van der Waals surface area contributed by atoms with E-state index in [2.05, 4.69) is 13.8 Å². The Morgan fingerprint density at radius 3 is 1.25 bits per heavy atom. The van der Waals surface area contributed by atoms with Crippen LogP contribution in [-0.4, -0.2) is 75.6 Å². The van der Waals surface area contributed by atoms with E-state index in [4.69, 9.17) is 18.5 Å². The van der Waals surface area contributed by atoms with E-state index in [1.54, 1.807) is 0 Å². The molecule has 0 heterocycles. The number of ether oxygens (including phenoxy) is 2. The van der Waals surface area contributed by atoms with Crippen molar-refractivity contribution >= 4 is 13.8 Å². The number of phosphoric acid groups is 1. The molecule has 53 heavy (non-hydrogen) atoms. The van der Waals surface area contributed by atoms with Gasteiger partial charge in [0, 0.05) is 13.0 Å². The Bertz CT molecular complexity index is 822. The highest BCUT2D eigenvalue weighted by Gasteiger charge is 2.26. The Hall–Kier alpha value is -0.500. The van der Waals surface area contributed by atoms with E-state index in [1.165, 1.54) is 167 Å². The van der Waals surface area contributed by atoms with Gasteiger partial charge in [0.05, 0.1) is 34.4 Å². The van der Waals surface area contributed by atoms with Gasteiger partial charge in [-0.2, -0.15) is 0 Å². The number of rotatable bonds is 43. The van der Waals surface area contributed by atoms with E-state index in [0.717, 1.165) is 32.1 Å². The normalized spacial score (nSPS) is 13.7. The van der Waals surface area contributed by atoms with Gasteiger partial charge in [0.25, 0.3) is 0 Å². The number of esters is 1. The molecule has 9 heteroatoms. The average molecular weight is 777 g/mol. The molecule has 0 radical (unpaired) electrons. The number of phosphoric ester groups is 1. The monoisotopic (exact) mass is 777 g/mol. The lowest BCUT2D eigenvalue weighted by molar-refractivity contribution is -0.870. The van der Waals surface area contributed by atoms with E-state index >= 15 is 0 Å². The van der Waals surface area contributed by atoms with Crippen LogP contribution in [0.4, 0.5) is 0 Å². The minimum absolute atomic E-state index is 0.0939. The van der Waals surface area contributed by atoms with Gasteiger partial charge in [-0.25, -0.2) is 4.57 Å². The number of carbonyl (C=O) groups is 1. The fraction of sp³-hybridized carbons (Fsp3) is 0.977. The number of quaternary nitrogens is 1. The van der Waals surface area contributed by atoms with Crippen LogP contribution in [0.5, 0.6) is 0 Å². The molecule has 2 atom stereocenters. The van der Waals surface area contributed by atoms with E-state index in [9.17, 15) is 14.3 Å². The first kappa shape index (κ1) is 52.5. The van der Waals surface area contributed by atoms with Crippen molar-refractivity contribution in [3.63, 3.8) is 0 Å². The predicted octanol–water partition coefficient (Wildman–Crippen LogP) is 13.3. The van der Waals surface area contributed by atoms with Crippen LogP contribution in [0.2, 0.25) is 0 Å². The molecule has 0 aliphatic heterocycles. The molecular formula is C44H91NO7P+. The fourth-order valence-corrected chi connectivity index (χ4v) is 7.35. The molecule has 0 amide bonds. The maximum Gasteiger partial charge on any atom is 0.472 e. The standard InChI is InChI=1S/C44H90NO7P/c1-6-8-10-12-14-16-18-20-22-23-24-26-28-30-32-34-36-39-49-41-43(42-51-53(47,48)50-40-38-45(3,4)5)52-44(46)37-35-33-31-29-27-25-21-19-17-15-13-11-9-7-2/h43H,6-42H2,1-5H3/p+1. The Morgan fingerprint density at radius 1 is 0.509 bits per heavy atom. The van der Waals surface area contributed by atoms with Gasteiger partial charge in [0.1, 0.15) is 19.3 Å². The highest BCUT2D eigenvalue weighted by atomic mass is 31.2. The second-order valence-electron chi connectivity index (χ2n) is 16.8. The fourth-order valence-electron chi connectivity index (χ4n) is 6.61. The zero-order valence-corrected chi connectivity index (χ0v) is 36.9. The molecule has 0 saturated heterocycles. The van der Waals surface area contributed by atoms with Crippen LogP contribution < -0.4 is 0 Å². The van der Waals surface area contributed by atoms with Crippen LogP contribution in [-0.2, 0) is 27.9 Å². The summed E-state index contributed by atoms with van der Waals surface area (Å²) in [6, 6.07) is 0. The quantitative estimate of drug-likeness (QED) is 0.0285. The van der Waals surface area contributed by atoms with Crippen molar-refractivity contribution in [1.82, 2.24) is 0 Å². The van der Waals surface area contributed by atoms with Crippen LogP contribution in [0.25, 0.3) is 0 Å². The summed E-state index contributed by atoms with van der Waals surface area (Å²) in [5, 5.41) is 0. The van der Waals surface area contributed by atoms with Crippen molar-refractivity contribution in [1.29, 1.82) is 0 Å². The van der Waals surface area contributed by atoms with Gasteiger partial charge in [-0.3, -0.25) is 13.8 Å². The molecule has 2 unspecified atom stereocenters. The van der Waals surface area contributed by atoms with Crippen molar-refractivity contribution in [2.75, 3.05) is 54.1 Å². The number of carbonyl (C=O) groups excluding carboxylic acids is 1. The van der Waals surface area contributed by atoms with Gasteiger partial charge in [0.15, 0.2) is 0 Å². The first-order valence-corrected chi connectivity index (χ1v) is 24.3. The van der Waals surface area contributed by atoms with E-state index < -0.39 is 13.9 Å². The zero-order valence-electron chi connectivity index (χ0n) is 36.0. The van der Waals surface area contributed by atoms with Crippen LogP contribution in [0.15, 0.2) is 0 Å². The molecule has 0 fully saturated rings. The van der Waals surface area contributed by atoms with E-state index in [0.29, 0.717) is 24.1 Å². The summed E-state index contributed by atoms with van der Waals surface area (Å²) >= 11 is 0. The van der Waals surface area contributed by atoms with Gasteiger partial charge >= 0.3 is 13.8 Å². The number of nitrogens with zero attached hydrogens (tertiary/aromatic N) is 1. The van der Waals surface area contributed by atoms with Crippen molar-refractivity contribution in [3.8, 4) is 0 Å². The van der Waals surface area contributed by atoms with Gasteiger partial charge in [0.2, 0.25) is 0 Å². The third kappa shape index (κ3) is 42.5. The summed E-state index contributed by atoms with van der Waals surface area (Å²) in [7, 11) is 1.69. The molecule has 0 saturated carbocycles. The van der Waals surface area contributed by atoms with Gasteiger partial charge < -0.3 is 18.9 Å². The van der Waals surface area contributed by atoms with Crippen molar-refractivity contribution in [2.45, 2.75) is 225 Å². The Balaban J connectivity index is 4.16. The van der Waals surface area contributed by atoms with Gasteiger partial charge in [-0.1, -0.05) is 200 Å². The van der Waals surface area contributed by atoms with E-state index in [-0.39, 0.29) is 25.8 Å². The lowest BCUT2D eigenvalue weighted by atomic mass is 10.0. The zero-order chi connectivity index (χ0) is 39.1. The molecule has 0 aliphatic carbocycles. The molecule has 318 valence electrons. The average Bonchev–Trinajstić information content (AvgIpc) is 3.11. The summed E-state index contributed by atoms with van der Waals surface area (Å²) in [6.45, 7) is 5.68. The minimum atomic E-state index is -4.26. The topological polar surface area (TPSA) is 91.3 Å². The molecule has 0 aliphatic rings. The maximum atomic E-state index is 12.7. The first-order valence-electron chi connectivity index (χ1n) is 22.8. The first-order chi connectivity index (χ1) is 25.6. The lowest BCUT2D eigenvalue weighted by Crippen LogP contribution is -2.37. The third-order valence-electron chi connectivity index (χ3n) is 10.2. The second-order valence-corrected chi connectivity index (χ2v) is 18.3. The van der Waals surface area contributed by atoms with Crippen molar-refractivity contribution < 1.29 is 37.3 Å². The molecule has 0 rings (SSSR count). The number of likely N-dealkylation sites (N-methyl/N-ethyl adjacent to an activating group) is 1. The second kappa shape index (κ2) is 38.4. The maximum absolute atomic E-state index is 12.7. The minimum Gasteiger partial charge on any atom is -0.457 e. The highest BCUT2D eigenvalue weighted by molar-refractivity contribution is 7.47. The molecule has 8 nitrogen and oxygen atoms in total. The summed E-state index contributed by atoms with van der Waals surface area (Å²) in [4.78, 5) is 22.9. The number of unbranched alkanes of at least 4 members (excludes halogenated alkanes) is 29. The third-order valence-corrected chi connectivity index (χ3v) is 11.2. The summed E-state index contributed by atoms with van der Waals surface area (Å²) in [5.74, 6) is -0.308. The Morgan fingerprint density at radius 2 is 0.868 bits per heavy atom. The molecular weight excluding hydrogens is 685 g/mol. The summed E-state index contributed by atoms with van der Waals surface area (Å²) < 4.78 is 35.0. The van der Waals surface area contributed by atoms with Crippen LogP contribution >= 0.6 is 7.82 Å². The number of hydrogen-bond acceptors (Lipinski definition) is 6. The van der Waals surface area contributed by atoms with Crippen molar-refractivity contribution in [3.05, 3.63) is 0 Å². The molecule has 0 bridgehead atoms. The highest BCUT2D eigenvalue weighted by Crippen LogP contribution is 2.43. The molecule has 0 spiro atoms. The Labute approximate surface area is 329 Å². The van der Waals surface area contributed by atoms with Gasteiger partial charge in [-0.15, -0.1) is 0 Å². The molecule has 1 N–H and O–H groups in total. The molecule has 0 aromatic carbocycles. The van der Waals surface area contributed by atoms with Crippen LogP contribution in [0.3, 0.4) is 0 Å². The molecule has 0 aromatic rings. The van der Waals surface area contributed by atoms with E-state index in [1.807, 2.05) is 21.1 Å². The summed E-state index contributed by atoms with van der Waals surface area (Å²) in [5.41, 5.74) is 0. The number of hydrogen-bond donors (Lipinski definition) is 1. The van der Waals surface area contributed by atoms with Crippen LogP contribution in [0.1, 0.15) is 219 Å². The largest absolute Gasteiger partial charge is 0.472 e. The van der Waals surface area contributed by atoms with Crippen LogP contribution in [0, 0.1) is 0 Å². The lowest BCUT2D eigenvalue weighted by Gasteiger charge is -2.24. The Kier molecular flexibility index (Phi) is 38.0. The van der Waals surface area contributed by atoms with Gasteiger partial charge in [-0.05, 0) is 12.8 Å². The smallest absolute Gasteiger partial charge is 0.457 e. The summed E-state index contributed by atoms with van der Waals surface area (Å²) in [6.07, 6.45) is 39.8. The van der Waals surface area contributed by atoms with Crippen molar-refractivity contribution in [2.24, 2.45) is 0 Å². The predicted molar refractivity (Wildman–Crippen MR) is 224 cm³/mol.